The van der Waals surface area contributed by atoms with E-state index in [1.165, 1.54) is 9.75 Å². The molecule has 0 spiro atoms. The molecule has 0 saturated carbocycles. The molecule has 0 N–H and O–H groups in total. The Morgan fingerprint density at radius 3 is 2.93 bits per heavy atom. The maximum absolute atomic E-state index is 6.51. The number of thiophene rings is 1. The van der Waals surface area contributed by atoms with E-state index in [-0.39, 0.29) is 5.38 Å². The lowest BCUT2D eigenvalue weighted by atomic mass is 9.97. The Morgan fingerprint density at radius 1 is 1.60 bits per heavy atom. The lowest BCUT2D eigenvalue weighted by molar-refractivity contribution is 0.105. The zero-order valence-corrected chi connectivity index (χ0v) is 10.8. The highest BCUT2D eigenvalue weighted by molar-refractivity contribution is 7.12. The molecule has 0 radical (unpaired) electrons. The number of hydrogen-bond donors (Lipinski definition) is 0. The fraction of sp³-hybridized carbons (Fsp3) is 0.667. The SMILES string of the molecule is CCc1ccc(C(Cl)C2CCOC2C)s1. The van der Waals surface area contributed by atoms with E-state index in [9.17, 15) is 0 Å². The molecule has 1 aromatic heterocycles. The first kappa shape index (κ1) is 11.4. The molecule has 0 amide bonds. The van der Waals surface area contributed by atoms with E-state index < -0.39 is 0 Å². The predicted octanol–water partition coefficient (Wildman–Crippen LogP) is 4.02. The van der Waals surface area contributed by atoms with Gasteiger partial charge in [-0.2, -0.15) is 0 Å². The van der Waals surface area contributed by atoms with Crippen molar-refractivity contribution in [2.75, 3.05) is 6.61 Å². The lowest BCUT2D eigenvalue weighted by Crippen LogP contribution is -2.15. The maximum atomic E-state index is 6.51. The van der Waals surface area contributed by atoms with Gasteiger partial charge in [0.15, 0.2) is 0 Å². The monoisotopic (exact) mass is 244 g/mol. The molecule has 1 fully saturated rings. The minimum atomic E-state index is 0.132. The molecular formula is C12H17ClOS. The predicted molar refractivity (Wildman–Crippen MR) is 65.8 cm³/mol. The Balaban J connectivity index is 2.09. The summed E-state index contributed by atoms with van der Waals surface area (Å²) in [6.45, 7) is 5.17. The van der Waals surface area contributed by atoms with Gasteiger partial charge in [0.05, 0.1) is 11.5 Å². The van der Waals surface area contributed by atoms with Crippen LogP contribution in [-0.4, -0.2) is 12.7 Å². The number of ether oxygens (including phenoxy) is 1. The molecule has 2 heterocycles. The van der Waals surface area contributed by atoms with Crippen LogP contribution in [0.15, 0.2) is 12.1 Å². The Labute approximate surface area is 100 Å². The third-order valence-corrected chi connectivity index (χ3v) is 5.11. The molecule has 84 valence electrons. The van der Waals surface area contributed by atoms with Gasteiger partial charge in [-0.25, -0.2) is 0 Å². The smallest absolute Gasteiger partial charge is 0.0732 e. The summed E-state index contributed by atoms with van der Waals surface area (Å²) in [5, 5.41) is 0.132. The lowest BCUT2D eigenvalue weighted by Gasteiger charge is -2.18. The Kier molecular flexibility index (Phi) is 3.70. The fourth-order valence-electron chi connectivity index (χ4n) is 2.08. The second-order valence-corrected chi connectivity index (χ2v) is 5.76. The molecule has 3 heteroatoms. The standard InChI is InChI=1S/C12H17ClOS/c1-3-9-4-5-11(15-9)12(13)10-6-7-14-8(10)2/h4-5,8,10,12H,3,6-7H2,1-2H3. The van der Waals surface area contributed by atoms with E-state index in [2.05, 4.69) is 26.0 Å². The summed E-state index contributed by atoms with van der Waals surface area (Å²) in [6, 6.07) is 4.36. The molecule has 1 aliphatic rings. The number of hydrogen-bond acceptors (Lipinski definition) is 2. The van der Waals surface area contributed by atoms with Gasteiger partial charge in [-0.15, -0.1) is 22.9 Å². The largest absolute Gasteiger partial charge is 0.378 e. The minimum absolute atomic E-state index is 0.132. The van der Waals surface area contributed by atoms with E-state index in [0.29, 0.717) is 12.0 Å². The molecule has 3 unspecified atom stereocenters. The van der Waals surface area contributed by atoms with Crippen LogP contribution in [0.4, 0.5) is 0 Å². The summed E-state index contributed by atoms with van der Waals surface area (Å²) in [7, 11) is 0. The van der Waals surface area contributed by atoms with Crippen molar-refractivity contribution in [2.45, 2.75) is 38.2 Å². The summed E-state index contributed by atoms with van der Waals surface area (Å²) in [5.74, 6) is 0.482. The van der Waals surface area contributed by atoms with Crippen molar-refractivity contribution >= 4 is 22.9 Å². The van der Waals surface area contributed by atoms with E-state index in [0.717, 1.165) is 19.4 Å². The molecule has 0 aliphatic carbocycles. The summed E-state index contributed by atoms with van der Waals surface area (Å²) < 4.78 is 5.56. The molecule has 1 saturated heterocycles. The number of halogens is 1. The third-order valence-electron chi connectivity index (χ3n) is 3.11. The first-order chi connectivity index (χ1) is 7.22. The van der Waals surface area contributed by atoms with Gasteiger partial charge >= 0.3 is 0 Å². The molecule has 2 rings (SSSR count). The zero-order chi connectivity index (χ0) is 10.8. The Bertz CT molecular complexity index is 323. The van der Waals surface area contributed by atoms with E-state index in [1.54, 1.807) is 0 Å². The van der Waals surface area contributed by atoms with Crippen molar-refractivity contribution in [1.82, 2.24) is 0 Å². The van der Waals surface area contributed by atoms with Crippen LogP contribution in [0.25, 0.3) is 0 Å². The summed E-state index contributed by atoms with van der Waals surface area (Å²) in [5.41, 5.74) is 0. The quantitative estimate of drug-likeness (QED) is 0.730. The van der Waals surface area contributed by atoms with E-state index >= 15 is 0 Å². The van der Waals surface area contributed by atoms with Crippen molar-refractivity contribution in [3.63, 3.8) is 0 Å². The normalized spacial score (nSPS) is 28.2. The van der Waals surface area contributed by atoms with E-state index in [4.69, 9.17) is 16.3 Å². The number of alkyl halides is 1. The fourth-order valence-corrected chi connectivity index (χ4v) is 3.62. The number of aryl methyl sites for hydroxylation is 1. The second kappa shape index (κ2) is 4.86. The van der Waals surface area contributed by atoms with Crippen LogP contribution < -0.4 is 0 Å². The van der Waals surface area contributed by atoms with Crippen LogP contribution in [0.2, 0.25) is 0 Å². The van der Waals surface area contributed by atoms with Crippen molar-refractivity contribution in [3.8, 4) is 0 Å². The van der Waals surface area contributed by atoms with Gasteiger partial charge in [0, 0.05) is 22.3 Å². The summed E-state index contributed by atoms with van der Waals surface area (Å²) in [4.78, 5) is 2.72. The molecule has 15 heavy (non-hydrogen) atoms. The second-order valence-electron chi connectivity index (χ2n) is 4.09. The molecule has 0 aromatic carbocycles. The average molecular weight is 245 g/mol. The third kappa shape index (κ3) is 2.38. The molecule has 0 bridgehead atoms. The highest BCUT2D eigenvalue weighted by Crippen LogP contribution is 2.40. The zero-order valence-electron chi connectivity index (χ0n) is 9.20. The Morgan fingerprint density at radius 2 is 2.40 bits per heavy atom. The van der Waals surface area contributed by atoms with Crippen LogP contribution >= 0.6 is 22.9 Å². The minimum Gasteiger partial charge on any atom is -0.378 e. The van der Waals surface area contributed by atoms with Crippen LogP contribution in [0.3, 0.4) is 0 Å². The van der Waals surface area contributed by atoms with Crippen molar-refractivity contribution in [3.05, 3.63) is 21.9 Å². The number of rotatable bonds is 3. The summed E-state index contributed by atoms with van der Waals surface area (Å²) in [6.07, 6.45) is 2.50. The van der Waals surface area contributed by atoms with Gasteiger partial charge < -0.3 is 4.74 Å². The topological polar surface area (TPSA) is 9.23 Å². The highest BCUT2D eigenvalue weighted by atomic mass is 35.5. The van der Waals surface area contributed by atoms with Crippen molar-refractivity contribution in [2.24, 2.45) is 5.92 Å². The molecule has 1 aromatic rings. The first-order valence-corrected chi connectivity index (χ1v) is 6.82. The average Bonchev–Trinajstić information content (AvgIpc) is 2.84. The van der Waals surface area contributed by atoms with Crippen LogP contribution in [0.1, 0.15) is 35.4 Å². The molecular weight excluding hydrogens is 228 g/mol. The van der Waals surface area contributed by atoms with Gasteiger partial charge in [0.2, 0.25) is 0 Å². The van der Waals surface area contributed by atoms with Crippen molar-refractivity contribution < 1.29 is 4.74 Å². The van der Waals surface area contributed by atoms with Gasteiger partial charge in [-0.05, 0) is 31.9 Å². The first-order valence-electron chi connectivity index (χ1n) is 5.56. The van der Waals surface area contributed by atoms with Crippen LogP contribution in [0, 0.1) is 5.92 Å². The van der Waals surface area contributed by atoms with Gasteiger partial charge in [-0.1, -0.05) is 6.92 Å². The van der Waals surface area contributed by atoms with Gasteiger partial charge in [-0.3, -0.25) is 0 Å². The van der Waals surface area contributed by atoms with Crippen molar-refractivity contribution in [1.29, 1.82) is 0 Å². The maximum Gasteiger partial charge on any atom is 0.0732 e. The summed E-state index contributed by atoms with van der Waals surface area (Å²) >= 11 is 8.35. The molecule has 1 aliphatic heterocycles. The molecule has 1 nitrogen and oxygen atoms in total. The highest BCUT2D eigenvalue weighted by Gasteiger charge is 2.32. The van der Waals surface area contributed by atoms with E-state index in [1.807, 2.05) is 11.3 Å². The molecule has 3 atom stereocenters. The Hall–Kier alpha value is -0.0500. The van der Waals surface area contributed by atoms with Gasteiger partial charge in [0.25, 0.3) is 0 Å². The van der Waals surface area contributed by atoms with Gasteiger partial charge in [0.1, 0.15) is 0 Å². The van der Waals surface area contributed by atoms with Crippen LogP contribution in [-0.2, 0) is 11.2 Å². The van der Waals surface area contributed by atoms with Crippen LogP contribution in [0.5, 0.6) is 0 Å².